The minimum atomic E-state index is 0.802. The number of nitrogens with zero attached hydrogens (tertiary/aromatic N) is 4. The third-order valence-corrected chi connectivity index (χ3v) is 3.75. The monoisotopic (exact) mass is 361 g/mol. The molecule has 0 atom stereocenters. The van der Waals surface area contributed by atoms with Gasteiger partial charge in [0.15, 0.2) is 0 Å². The summed E-state index contributed by atoms with van der Waals surface area (Å²) in [6.07, 6.45) is 6.07. The molecule has 100 valence electrons. The second-order valence-electron chi connectivity index (χ2n) is 4.53. The molecular formula is C12H20IN5. The number of hydrogen-bond acceptors (Lipinski definition) is 5. The Labute approximate surface area is 122 Å². The van der Waals surface area contributed by atoms with Crippen LogP contribution in [0.1, 0.15) is 12.8 Å². The van der Waals surface area contributed by atoms with Crippen LogP contribution in [0.4, 0.5) is 5.95 Å². The van der Waals surface area contributed by atoms with E-state index in [0.717, 1.165) is 48.7 Å². The maximum absolute atomic E-state index is 5.51. The lowest BCUT2D eigenvalue weighted by Crippen LogP contribution is -2.47. The second kappa shape index (κ2) is 7.20. The number of hydrogen-bond donors (Lipinski definition) is 1. The van der Waals surface area contributed by atoms with Gasteiger partial charge in [-0.2, -0.15) is 0 Å². The summed E-state index contributed by atoms with van der Waals surface area (Å²) >= 11 is 2.23. The van der Waals surface area contributed by atoms with Crippen LogP contribution < -0.4 is 10.6 Å². The summed E-state index contributed by atoms with van der Waals surface area (Å²) in [6, 6.07) is 0. The van der Waals surface area contributed by atoms with Crippen molar-refractivity contribution in [3.8, 4) is 0 Å². The highest BCUT2D eigenvalue weighted by Gasteiger charge is 2.18. The summed E-state index contributed by atoms with van der Waals surface area (Å²) in [5.41, 5.74) is 5.51. The summed E-state index contributed by atoms with van der Waals surface area (Å²) < 4.78 is 1.08. The predicted molar refractivity (Wildman–Crippen MR) is 81.7 cm³/mol. The van der Waals surface area contributed by atoms with Crippen LogP contribution in [0.3, 0.4) is 0 Å². The molecule has 0 unspecified atom stereocenters. The Morgan fingerprint density at radius 2 is 1.78 bits per heavy atom. The van der Waals surface area contributed by atoms with Crippen molar-refractivity contribution in [2.24, 2.45) is 5.73 Å². The summed E-state index contributed by atoms with van der Waals surface area (Å²) in [5.74, 6) is 0.858. The number of piperazine rings is 1. The average Bonchev–Trinajstić information content (AvgIpc) is 2.41. The molecule has 0 aromatic carbocycles. The largest absolute Gasteiger partial charge is 0.338 e. The number of aromatic nitrogens is 2. The summed E-state index contributed by atoms with van der Waals surface area (Å²) in [4.78, 5) is 13.5. The number of unbranched alkanes of at least 4 members (excludes halogenated alkanes) is 1. The van der Waals surface area contributed by atoms with E-state index in [0.29, 0.717) is 0 Å². The quantitative estimate of drug-likeness (QED) is 0.625. The summed E-state index contributed by atoms with van der Waals surface area (Å²) in [5, 5.41) is 0. The average molecular weight is 361 g/mol. The first-order valence-corrected chi connectivity index (χ1v) is 7.52. The first-order chi connectivity index (χ1) is 8.79. The zero-order valence-electron chi connectivity index (χ0n) is 10.6. The van der Waals surface area contributed by atoms with E-state index in [9.17, 15) is 0 Å². The normalized spacial score (nSPS) is 17.1. The molecule has 0 aliphatic carbocycles. The predicted octanol–water partition coefficient (Wildman–Crippen LogP) is 0.942. The van der Waals surface area contributed by atoms with Gasteiger partial charge in [-0.25, -0.2) is 9.97 Å². The maximum atomic E-state index is 5.51. The van der Waals surface area contributed by atoms with Crippen LogP contribution in [-0.2, 0) is 0 Å². The van der Waals surface area contributed by atoms with E-state index < -0.39 is 0 Å². The Balaban J connectivity index is 1.77. The molecule has 0 amide bonds. The van der Waals surface area contributed by atoms with E-state index in [1.54, 1.807) is 0 Å². The van der Waals surface area contributed by atoms with Crippen LogP contribution in [0.15, 0.2) is 12.4 Å². The van der Waals surface area contributed by atoms with Crippen LogP contribution in [0.2, 0.25) is 0 Å². The molecule has 1 saturated heterocycles. The third kappa shape index (κ3) is 4.03. The van der Waals surface area contributed by atoms with E-state index >= 15 is 0 Å². The first kappa shape index (κ1) is 14.0. The SMILES string of the molecule is NCCCCN1CCN(c2ncc(I)cn2)CC1. The van der Waals surface area contributed by atoms with E-state index in [1.807, 2.05) is 12.4 Å². The van der Waals surface area contributed by atoms with Crippen LogP contribution in [0.5, 0.6) is 0 Å². The van der Waals surface area contributed by atoms with Crippen molar-refractivity contribution in [3.63, 3.8) is 0 Å². The Bertz CT molecular complexity index is 348. The molecule has 0 radical (unpaired) electrons. The van der Waals surface area contributed by atoms with Crippen molar-refractivity contribution < 1.29 is 0 Å². The Morgan fingerprint density at radius 1 is 1.11 bits per heavy atom. The van der Waals surface area contributed by atoms with Crippen molar-refractivity contribution in [2.75, 3.05) is 44.2 Å². The first-order valence-electron chi connectivity index (χ1n) is 6.44. The van der Waals surface area contributed by atoms with Crippen molar-refractivity contribution in [1.29, 1.82) is 0 Å². The maximum Gasteiger partial charge on any atom is 0.225 e. The standard InChI is InChI=1S/C12H20IN5/c13-11-9-15-12(16-10-11)18-7-5-17(6-8-18)4-2-1-3-14/h9-10H,1-8,14H2. The number of rotatable bonds is 5. The van der Waals surface area contributed by atoms with Crippen LogP contribution >= 0.6 is 22.6 Å². The van der Waals surface area contributed by atoms with Gasteiger partial charge in [0.2, 0.25) is 5.95 Å². The van der Waals surface area contributed by atoms with Crippen molar-refractivity contribution in [2.45, 2.75) is 12.8 Å². The molecule has 18 heavy (non-hydrogen) atoms. The Morgan fingerprint density at radius 3 is 2.39 bits per heavy atom. The lowest BCUT2D eigenvalue weighted by atomic mass is 10.2. The molecule has 6 heteroatoms. The van der Waals surface area contributed by atoms with Gasteiger partial charge in [-0.3, -0.25) is 4.90 Å². The molecular weight excluding hydrogens is 341 g/mol. The van der Waals surface area contributed by atoms with Gasteiger partial charge in [0.25, 0.3) is 0 Å². The van der Waals surface area contributed by atoms with Gasteiger partial charge >= 0.3 is 0 Å². The zero-order valence-corrected chi connectivity index (χ0v) is 12.7. The lowest BCUT2D eigenvalue weighted by Gasteiger charge is -2.34. The molecule has 1 aliphatic rings. The minimum Gasteiger partial charge on any atom is -0.338 e. The van der Waals surface area contributed by atoms with Gasteiger partial charge in [-0.05, 0) is 48.5 Å². The molecule has 1 aliphatic heterocycles. The fourth-order valence-electron chi connectivity index (χ4n) is 2.12. The van der Waals surface area contributed by atoms with Crippen molar-refractivity contribution in [3.05, 3.63) is 16.0 Å². The molecule has 1 fully saturated rings. The minimum absolute atomic E-state index is 0.802. The Hall–Kier alpha value is -0.470. The molecule has 2 rings (SSSR count). The highest BCUT2D eigenvalue weighted by atomic mass is 127. The zero-order chi connectivity index (χ0) is 12.8. The summed E-state index contributed by atoms with van der Waals surface area (Å²) in [7, 11) is 0. The van der Waals surface area contributed by atoms with E-state index in [1.165, 1.54) is 13.0 Å². The molecule has 2 N–H and O–H groups in total. The number of halogens is 1. The van der Waals surface area contributed by atoms with Gasteiger partial charge in [0, 0.05) is 42.1 Å². The van der Waals surface area contributed by atoms with Gasteiger partial charge in [-0.1, -0.05) is 0 Å². The Kier molecular flexibility index (Phi) is 5.58. The van der Waals surface area contributed by atoms with Crippen LogP contribution in [0, 0.1) is 3.57 Å². The molecule has 0 spiro atoms. The van der Waals surface area contributed by atoms with Gasteiger partial charge < -0.3 is 10.6 Å². The molecule has 0 saturated carbocycles. The van der Waals surface area contributed by atoms with E-state index in [-0.39, 0.29) is 0 Å². The van der Waals surface area contributed by atoms with Gasteiger partial charge in [-0.15, -0.1) is 0 Å². The molecule has 1 aromatic rings. The van der Waals surface area contributed by atoms with E-state index in [4.69, 9.17) is 5.73 Å². The van der Waals surface area contributed by atoms with Gasteiger partial charge in [0.1, 0.15) is 0 Å². The highest BCUT2D eigenvalue weighted by molar-refractivity contribution is 14.1. The topological polar surface area (TPSA) is 58.3 Å². The van der Waals surface area contributed by atoms with E-state index in [2.05, 4.69) is 42.4 Å². The van der Waals surface area contributed by atoms with Crippen LogP contribution in [0.25, 0.3) is 0 Å². The molecule has 1 aromatic heterocycles. The molecule has 5 nitrogen and oxygen atoms in total. The fraction of sp³-hybridized carbons (Fsp3) is 0.667. The van der Waals surface area contributed by atoms with Gasteiger partial charge in [0.05, 0.1) is 0 Å². The molecule has 0 bridgehead atoms. The van der Waals surface area contributed by atoms with Crippen LogP contribution in [-0.4, -0.2) is 54.1 Å². The lowest BCUT2D eigenvalue weighted by molar-refractivity contribution is 0.252. The van der Waals surface area contributed by atoms with Crippen molar-refractivity contribution >= 4 is 28.5 Å². The van der Waals surface area contributed by atoms with Crippen molar-refractivity contribution in [1.82, 2.24) is 14.9 Å². The third-order valence-electron chi connectivity index (χ3n) is 3.19. The summed E-state index contributed by atoms with van der Waals surface area (Å²) in [6.45, 7) is 6.20. The smallest absolute Gasteiger partial charge is 0.225 e. The molecule has 2 heterocycles. The number of nitrogens with two attached hydrogens (primary N) is 1. The highest BCUT2D eigenvalue weighted by Crippen LogP contribution is 2.11. The fourth-order valence-corrected chi connectivity index (χ4v) is 2.40. The second-order valence-corrected chi connectivity index (χ2v) is 5.77. The number of anilines is 1.